The first kappa shape index (κ1) is 20.5. The van der Waals surface area contributed by atoms with E-state index in [1.54, 1.807) is 0 Å². The van der Waals surface area contributed by atoms with Crippen LogP contribution in [0.25, 0.3) is 12.2 Å². The summed E-state index contributed by atoms with van der Waals surface area (Å²) in [6.07, 6.45) is 7.17. The molecule has 0 aliphatic carbocycles. The second-order valence-electron chi connectivity index (χ2n) is 4.01. The van der Waals surface area contributed by atoms with Crippen molar-refractivity contribution in [3.8, 4) is 0 Å². The summed E-state index contributed by atoms with van der Waals surface area (Å²) < 4.78 is 0. The van der Waals surface area contributed by atoms with Crippen LogP contribution in [0.2, 0.25) is 0 Å². The summed E-state index contributed by atoms with van der Waals surface area (Å²) >= 11 is 0. The van der Waals surface area contributed by atoms with Gasteiger partial charge in [0.25, 0.3) is 0 Å². The third-order valence-electron chi connectivity index (χ3n) is 2.32. The normalized spacial score (nSPS) is 9.74. The van der Waals surface area contributed by atoms with Crippen molar-refractivity contribution in [1.82, 2.24) is 0 Å². The third-order valence-corrected chi connectivity index (χ3v) is 2.32. The SMILES string of the molecule is O=C(O)[C-]=Cc1ccccc1.O=C(O)[C-]=Cc1ccccc1.[Pd+2]. The number of hydrogen-bond acceptors (Lipinski definition) is 2. The summed E-state index contributed by atoms with van der Waals surface area (Å²) in [5, 5.41) is 16.5. The zero-order chi connectivity index (χ0) is 16.2. The fraction of sp³-hybridized carbons (Fsp3) is 0. The molecule has 0 heterocycles. The van der Waals surface area contributed by atoms with Gasteiger partial charge in [-0.3, -0.25) is 9.59 Å². The second kappa shape index (κ2) is 12.1. The van der Waals surface area contributed by atoms with E-state index in [0.29, 0.717) is 0 Å². The van der Waals surface area contributed by atoms with Crippen molar-refractivity contribution >= 4 is 24.1 Å². The average molecular weight is 401 g/mol. The Morgan fingerprint density at radius 2 is 1.00 bits per heavy atom. The van der Waals surface area contributed by atoms with E-state index in [4.69, 9.17) is 10.2 Å². The second-order valence-corrected chi connectivity index (χ2v) is 4.01. The Kier molecular flexibility index (Phi) is 10.8. The summed E-state index contributed by atoms with van der Waals surface area (Å²) in [7, 11) is 0. The van der Waals surface area contributed by atoms with Gasteiger partial charge in [-0.05, 0) is 0 Å². The molecule has 0 spiro atoms. The van der Waals surface area contributed by atoms with Crippen LogP contribution in [0.4, 0.5) is 0 Å². The molecule has 0 amide bonds. The fourth-order valence-electron chi connectivity index (χ4n) is 1.39. The van der Waals surface area contributed by atoms with Crippen molar-refractivity contribution < 1.29 is 40.2 Å². The number of rotatable bonds is 4. The van der Waals surface area contributed by atoms with Crippen molar-refractivity contribution in [2.75, 3.05) is 0 Å². The van der Waals surface area contributed by atoms with Gasteiger partial charge in [0.2, 0.25) is 11.9 Å². The molecule has 2 aromatic rings. The maximum absolute atomic E-state index is 10.0. The van der Waals surface area contributed by atoms with Crippen molar-refractivity contribution in [3.63, 3.8) is 0 Å². The molecule has 0 bridgehead atoms. The van der Waals surface area contributed by atoms with E-state index in [0.717, 1.165) is 11.1 Å². The van der Waals surface area contributed by atoms with Gasteiger partial charge in [0.1, 0.15) is 0 Å². The molecule has 0 saturated heterocycles. The first-order chi connectivity index (χ1) is 10.6. The molecule has 0 aliphatic rings. The van der Waals surface area contributed by atoms with Gasteiger partial charge in [0.05, 0.1) is 0 Å². The molecule has 0 aromatic heterocycles. The number of hydrogen-bond donors (Lipinski definition) is 2. The quantitative estimate of drug-likeness (QED) is 0.469. The van der Waals surface area contributed by atoms with Crippen LogP contribution in [0.3, 0.4) is 0 Å². The summed E-state index contributed by atoms with van der Waals surface area (Å²) in [6.45, 7) is 0. The number of aliphatic carboxylic acids is 2. The van der Waals surface area contributed by atoms with Crippen LogP contribution in [-0.4, -0.2) is 22.2 Å². The van der Waals surface area contributed by atoms with Gasteiger partial charge >= 0.3 is 20.4 Å². The van der Waals surface area contributed by atoms with Crippen molar-refractivity contribution in [2.24, 2.45) is 0 Å². The van der Waals surface area contributed by atoms with Crippen molar-refractivity contribution in [3.05, 3.63) is 83.9 Å². The van der Waals surface area contributed by atoms with Crippen LogP contribution < -0.4 is 0 Å². The molecule has 120 valence electrons. The number of carbonyl (C=O) groups is 2. The number of carboxylic acid groups (broad SMARTS) is 2. The first-order valence-corrected chi connectivity index (χ1v) is 6.33. The topological polar surface area (TPSA) is 74.6 Å². The summed E-state index contributed by atoms with van der Waals surface area (Å²) in [6, 6.07) is 18.4. The molecule has 5 heteroatoms. The smallest absolute Gasteiger partial charge is 0.492 e. The fourth-order valence-corrected chi connectivity index (χ4v) is 1.39. The zero-order valence-corrected chi connectivity index (χ0v) is 13.5. The summed E-state index contributed by atoms with van der Waals surface area (Å²) in [5.74, 6) is -2.09. The molecule has 4 nitrogen and oxygen atoms in total. The van der Waals surface area contributed by atoms with E-state index in [1.807, 2.05) is 60.7 Å². The average Bonchev–Trinajstić information content (AvgIpc) is 2.53. The molecule has 0 aliphatic heterocycles. The Hall–Kier alpha value is -2.48. The molecule has 2 N–H and O–H groups in total. The molecule has 23 heavy (non-hydrogen) atoms. The minimum Gasteiger partial charge on any atom is -0.492 e. The Bertz CT molecular complexity index is 590. The van der Waals surface area contributed by atoms with Gasteiger partial charge in [0, 0.05) is 0 Å². The van der Waals surface area contributed by atoms with Gasteiger partial charge in [0.15, 0.2) is 0 Å². The Balaban J connectivity index is 0.000000403. The standard InChI is InChI=1S/2C9H7O2.Pd/c2*10-9(11)7-6-8-4-2-1-3-5-8;/h2*1-6H,(H,10,11);/q2*-1;+2. The minimum atomic E-state index is -1.05. The predicted octanol–water partition coefficient (Wildman–Crippen LogP) is 3.17. The Labute approximate surface area is 148 Å². The largest absolute Gasteiger partial charge is 2.00 e. The Morgan fingerprint density at radius 1 is 0.696 bits per heavy atom. The molecule has 2 aromatic carbocycles. The van der Waals surface area contributed by atoms with E-state index in [-0.39, 0.29) is 20.4 Å². The molecule has 2 rings (SSSR count). The van der Waals surface area contributed by atoms with Gasteiger partial charge in [-0.15, -0.1) is 24.3 Å². The predicted molar refractivity (Wildman–Crippen MR) is 83.6 cm³/mol. The number of carboxylic acids is 2. The van der Waals surface area contributed by atoms with Gasteiger partial charge in [-0.25, -0.2) is 12.2 Å². The van der Waals surface area contributed by atoms with Gasteiger partial charge in [-0.2, -0.15) is 23.3 Å². The van der Waals surface area contributed by atoms with Gasteiger partial charge < -0.3 is 10.2 Å². The molecule has 0 radical (unpaired) electrons. The van der Waals surface area contributed by atoms with Crippen LogP contribution in [0, 0.1) is 12.2 Å². The molecule has 0 fully saturated rings. The molecule has 0 unspecified atom stereocenters. The molecule has 0 saturated carbocycles. The molecular weight excluding hydrogens is 387 g/mol. The minimum absolute atomic E-state index is 0. The van der Waals surface area contributed by atoms with E-state index >= 15 is 0 Å². The van der Waals surface area contributed by atoms with Gasteiger partial charge in [-0.1, -0.05) is 36.4 Å². The maximum atomic E-state index is 10.0. The van der Waals surface area contributed by atoms with Crippen LogP contribution in [0.1, 0.15) is 11.1 Å². The maximum Gasteiger partial charge on any atom is 2.00 e. The van der Waals surface area contributed by atoms with Crippen molar-refractivity contribution in [2.45, 2.75) is 0 Å². The van der Waals surface area contributed by atoms with Crippen LogP contribution >= 0.6 is 0 Å². The van der Waals surface area contributed by atoms with E-state index in [9.17, 15) is 9.59 Å². The molecular formula is C18H14O4Pd. The van der Waals surface area contributed by atoms with E-state index in [1.165, 1.54) is 12.2 Å². The van der Waals surface area contributed by atoms with Crippen molar-refractivity contribution in [1.29, 1.82) is 0 Å². The van der Waals surface area contributed by atoms with Crippen LogP contribution in [0.15, 0.2) is 60.7 Å². The monoisotopic (exact) mass is 400 g/mol. The zero-order valence-electron chi connectivity index (χ0n) is 12.0. The first-order valence-electron chi connectivity index (χ1n) is 6.33. The Morgan fingerprint density at radius 3 is 1.26 bits per heavy atom. The summed E-state index contributed by atoms with van der Waals surface area (Å²) in [5.41, 5.74) is 1.69. The van der Waals surface area contributed by atoms with Crippen LogP contribution in [-0.2, 0) is 30.0 Å². The van der Waals surface area contributed by atoms with E-state index in [2.05, 4.69) is 12.2 Å². The van der Waals surface area contributed by atoms with E-state index < -0.39 is 11.9 Å². The third kappa shape index (κ3) is 10.8. The van der Waals surface area contributed by atoms with Crippen LogP contribution in [0.5, 0.6) is 0 Å². The number of benzene rings is 2. The molecule has 0 atom stereocenters. The summed E-state index contributed by atoms with van der Waals surface area (Å²) in [4.78, 5) is 20.1.